The highest BCUT2D eigenvalue weighted by atomic mass is 32.2. The molecule has 0 unspecified atom stereocenters. The van der Waals surface area contributed by atoms with Gasteiger partial charge in [-0.15, -0.1) is 0 Å². The minimum absolute atomic E-state index is 0.0329. The van der Waals surface area contributed by atoms with Crippen LogP contribution >= 0.6 is 0 Å². The molecule has 36 heavy (non-hydrogen) atoms. The van der Waals surface area contributed by atoms with Crippen molar-refractivity contribution in [3.8, 4) is 0 Å². The van der Waals surface area contributed by atoms with Crippen LogP contribution in [0.5, 0.6) is 0 Å². The fourth-order valence-electron chi connectivity index (χ4n) is 5.44. The van der Waals surface area contributed by atoms with Crippen molar-refractivity contribution in [2.45, 2.75) is 49.6 Å². The summed E-state index contributed by atoms with van der Waals surface area (Å²) in [6, 6.07) is 12.7. The maximum absolute atomic E-state index is 13.9. The Bertz CT molecular complexity index is 1300. The highest BCUT2D eigenvalue weighted by Gasteiger charge is 2.42. The molecule has 0 radical (unpaired) electrons. The molecule has 1 aromatic carbocycles. The van der Waals surface area contributed by atoms with Crippen LogP contribution in [-0.2, 0) is 21.4 Å². The average molecular weight is 508 g/mol. The van der Waals surface area contributed by atoms with Crippen LogP contribution in [0.2, 0.25) is 0 Å². The van der Waals surface area contributed by atoms with E-state index >= 15 is 0 Å². The van der Waals surface area contributed by atoms with Gasteiger partial charge >= 0.3 is 0 Å². The summed E-state index contributed by atoms with van der Waals surface area (Å²) >= 11 is 0. The van der Waals surface area contributed by atoms with Gasteiger partial charge in [-0.2, -0.15) is 4.31 Å². The molecule has 3 aromatic rings. The first kappa shape index (κ1) is 24.8. The van der Waals surface area contributed by atoms with Crippen LogP contribution in [0.1, 0.15) is 37.7 Å². The van der Waals surface area contributed by atoms with Crippen molar-refractivity contribution in [3.05, 3.63) is 66.6 Å². The molecule has 2 fully saturated rings. The molecule has 0 bridgehead atoms. The van der Waals surface area contributed by atoms with E-state index in [0.717, 1.165) is 43.2 Å². The van der Waals surface area contributed by atoms with E-state index in [1.165, 1.54) is 0 Å². The molecule has 2 saturated heterocycles. The number of carbonyl (C=O) groups excluding carboxylic acids is 1. The summed E-state index contributed by atoms with van der Waals surface area (Å²) in [5, 5.41) is 3.91. The Morgan fingerprint density at radius 3 is 2.61 bits per heavy atom. The fraction of sp³-hybridized carbons (Fsp3) is 0.444. The smallest absolute Gasteiger partial charge is 0.245 e. The SMILES string of the molecule is O=C1NCCCCCCN(Cc2ccncc2)[C@@H]2CN(S(=O)(=O)c3cccc4cccnc34)CC[C@H]12. The number of amides is 1. The number of hydrogen-bond acceptors (Lipinski definition) is 6. The number of nitrogens with one attached hydrogen (secondary N) is 1. The Balaban J connectivity index is 1.49. The lowest BCUT2D eigenvalue weighted by molar-refractivity contribution is -0.129. The van der Waals surface area contributed by atoms with Crippen LogP contribution in [0.15, 0.2) is 66.0 Å². The number of para-hydroxylation sites is 1. The molecule has 1 N–H and O–H groups in total. The minimum atomic E-state index is -3.80. The third-order valence-electron chi connectivity index (χ3n) is 7.37. The molecule has 0 saturated carbocycles. The summed E-state index contributed by atoms with van der Waals surface area (Å²) in [6.07, 6.45) is 9.81. The van der Waals surface area contributed by atoms with Crippen LogP contribution in [-0.4, -0.2) is 65.7 Å². The Morgan fingerprint density at radius 2 is 1.75 bits per heavy atom. The molecule has 2 aliphatic rings. The van der Waals surface area contributed by atoms with Gasteiger partial charge in [0.15, 0.2) is 0 Å². The van der Waals surface area contributed by atoms with Gasteiger partial charge in [-0.3, -0.25) is 19.7 Å². The number of nitrogens with zero attached hydrogens (tertiary/aromatic N) is 4. The van der Waals surface area contributed by atoms with Crippen molar-refractivity contribution >= 4 is 26.8 Å². The number of sulfonamides is 1. The van der Waals surface area contributed by atoms with E-state index in [9.17, 15) is 13.2 Å². The van der Waals surface area contributed by atoms with Gasteiger partial charge < -0.3 is 5.32 Å². The van der Waals surface area contributed by atoms with E-state index in [1.807, 2.05) is 30.3 Å². The molecule has 9 heteroatoms. The van der Waals surface area contributed by atoms with Crippen molar-refractivity contribution in [1.82, 2.24) is 24.5 Å². The lowest BCUT2D eigenvalue weighted by atomic mass is 9.90. The van der Waals surface area contributed by atoms with Gasteiger partial charge in [0, 0.05) is 56.2 Å². The van der Waals surface area contributed by atoms with E-state index in [-0.39, 0.29) is 29.3 Å². The minimum Gasteiger partial charge on any atom is -0.356 e. The number of piperidine rings is 1. The number of pyridine rings is 2. The number of rotatable bonds is 4. The van der Waals surface area contributed by atoms with Gasteiger partial charge in [0.1, 0.15) is 4.90 Å². The number of aromatic nitrogens is 2. The third kappa shape index (κ3) is 5.28. The lowest BCUT2D eigenvalue weighted by Gasteiger charge is -2.43. The molecule has 0 spiro atoms. The van der Waals surface area contributed by atoms with Gasteiger partial charge in [-0.05, 0) is 55.6 Å². The predicted molar refractivity (Wildman–Crippen MR) is 139 cm³/mol. The molecule has 1 amide bonds. The molecule has 2 aromatic heterocycles. The summed E-state index contributed by atoms with van der Waals surface area (Å²) in [5.41, 5.74) is 1.59. The Hall–Kier alpha value is -2.88. The van der Waals surface area contributed by atoms with Crippen molar-refractivity contribution < 1.29 is 13.2 Å². The van der Waals surface area contributed by atoms with Crippen LogP contribution < -0.4 is 5.32 Å². The van der Waals surface area contributed by atoms with Gasteiger partial charge in [0.05, 0.1) is 11.4 Å². The summed E-state index contributed by atoms with van der Waals surface area (Å²) in [7, 11) is -3.80. The van der Waals surface area contributed by atoms with Crippen molar-refractivity contribution in [2.24, 2.45) is 5.92 Å². The summed E-state index contributed by atoms with van der Waals surface area (Å²) in [6.45, 7) is 2.73. The molecule has 4 heterocycles. The first-order valence-electron chi connectivity index (χ1n) is 12.8. The largest absolute Gasteiger partial charge is 0.356 e. The zero-order valence-electron chi connectivity index (χ0n) is 20.4. The number of hydrogen-bond donors (Lipinski definition) is 1. The first-order valence-corrected chi connectivity index (χ1v) is 14.2. The lowest BCUT2D eigenvalue weighted by Crippen LogP contribution is -2.57. The van der Waals surface area contributed by atoms with Crippen LogP contribution in [0.25, 0.3) is 10.9 Å². The predicted octanol–water partition coefficient (Wildman–Crippen LogP) is 3.20. The maximum atomic E-state index is 13.9. The number of fused-ring (bicyclic) bond motifs is 2. The Kier molecular flexibility index (Phi) is 7.59. The second kappa shape index (κ2) is 11.0. The number of carbonyl (C=O) groups is 1. The van der Waals surface area contributed by atoms with Gasteiger partial charge in [-0.25, -0.2) is 8.42 Å². The van der Waals surface area contributed by atoms with E-state index in [2.05, 4.69) is 20.2 Å². The van der Waals surface area contributed by atoms with E-state index in [4.69, 9.17) is 0 Å². The molecular weight excluding hydrogens is 474 g/mol. The molecule has 5 rings (SSSR count). The zero-order valence-corrected chi connectivity index (χ0v) is 21.2. The van der Waals surface area contributed by atoms with E-state index in [1.54, 1.807) is 35.0 Å². The highest BCUT2D eigenvalue weighted by Crippen LogP contribution is 2.31. The molecule has 0 aliphatic carbocycles. The second-order valence-corrected chi connectivity index (χ2v) is 11.6. The van der Waals surface area contributed by atoms with Crippen LogP contribution in [0.3, 0.4) is 0 Å². The highest BCUT2D eigenvalue weighted by molar-refractivity contribution is 7.89. The summed E-state index contributed by atoms with van der Waals surface area (Å²) < 4.78 is 29.4. The second-order valence-electron chi connectivity index (χ2n) is 9.69. The standard InChI is InChI=1S/C27H33N5O3S/c33-27-23-12-18-32(36(34,35)25-9-5-7-22-8-6-14-29-26(22)25)20-24(23)31(17-4-2-1-3-13-30-27)19-21-10-15-28-16-11-21/h5-11,14-16,23-24H,1-4,12-13,17-20H2,(H,30,33)/t23-,24+/m0/s1. The van der Waals surface area contributed by atoms with E-state index in [0.29, 0.717) is 31.6 Å². The summed E-state index contributed by atoms with van der Waals surface area (Å²) in [4.78, 5) is 24.3. The quantitative estimate of drug-likeness (QED) is 0.583. The Labute approximate surface area is 212 Å². The maximum Gasteiger partial charge on any atom is 0.245 e. The van der Waals surface area contributed by atoms with Gasteiger partial charge in [-0.1, -0.05) is 31.0 Å². The number of benzene rings is 1. The summed E-state index contributed by atoms with van der Waals surface area (Å²) in [5.74, 6) is -0.229. The van der Waals surface area contributed by atoms with Gasteiger partial charge in [0.25, 0.3) is 0 Å². The van der Waals surface area contributed by atoms with Crippen LogP contribution in [0.4, 0.5) is 0 Å². The Morgan fingerprint density at radius 1 is 0.944 bits per heavy atom. The van der Waals surface area contributed by atoms with Crippen molar-refractivity contribution in [2.75, 3.05) is 26.2 Å². The molecule has 2 atom stereocenters. The van der Waals surface area contributed by atoms with E-state index < -0.39 is 10.0 Å². The topological polar surface area (TPSA) is 95.5 Å². The third-order valence-corrected chi connectivity index (χ3v) is 9.27. The molecule has 2 aliphatic heterocycles. The average Bonchev–Trinajstić information content (AvgIpc) is 2.94. The monoisotopic (exact) mass is 507 g/mol. The fourth-order valence-corrected chi connectivity index (χ4v) is 7.08. The normalized spacial score (nSPS) is 22.9. The molecule has 190 valence electrons. The first-order chi connectivity index (χ1) is 17.5. The molecular formula is C27H33N5O3S. The van der Waals surface area contributed by atoms with Crippen LogP contribution in [0, 0.1) is 5.92 Å². The zero-order chi connectivity index (χ0) is 25.0. The van der Waals surface area contributed by atoms with Gasteiger partial charge in [0.2, 0.25) is 15.9 Å². The van der Waals surface area contributed by atoms with Crippen molar-refractivity contribution in [1.29, 1.82) is 0 Å². The molecule has 8 nitrogen and oxygen atoms in total. The van der Waals surface area contributed by atoms with Crippen molar-refractivity contribution in [3.63, 3.8) is 0 Å².